The summed E-state index contributed by atoms with van der Waals surface area (Å²) in [6.07, 6.45) is -4.50. The third kappa shape index (κ3) is 2.69. The standard InChI is InChI=1S/C17H9ClF3NO2/c18-14-13(10-4-2-1-3-5-10)15(23)22(16(14)24)12-8-6-11(7-9-12)17(19,20)21/h1-9H. The van der Waals surface area contributed by atoms with Crippen molar-refractivity contribution in [3.8, 4) is 0 Å². The van der Waals surface area contributed by atoms with Crippen molar-refractivity contribution in [2.24, 2.45) is 0 Å². The first-order chi connectivity index (χ1) is 11.3. The summed E-state index contributed by atoms with van der Waals surface area (Å²) in [5.41, 5.74) is -0.341. The van der Waals surface area contributed by atoms with E-state index < -0.39 is 23.6 Å². The smallest absolute Gasteiger partial charge is 0.268 e. The largest absolute Gasteiger partial charge is 0.416 e. The van der Waals surface area contributed by atoms with Crippen molar-refractivity contribution >= 4 is 34.7 Å². The van der Waals surface area contributed by atoms with Crippen LogP contribution in [-0.4, -0.2) is 11.8 Å². The van der Waals surface area contributed by atoms with Gasteiger partial charge in [-0.25, -0.2) is 4.90 Å². The summed E-state index contributed by atoms with van der Waals surface area (Å²) in [7, 11) is 0. The Bertz CT molecular complexity index is 842. The molecule has 0 aromatic heterocycles. The average Bonchev–Trinajstić information content (AvgIpc) is 2.77. The van der Waals surface area contributed by atoms with E-state index in [0.29, 0.717) is 5.56 Å². The molecule has 2 aromatic rings. The summed E-state index contributed by atoms with van der Waals surface area (Å²) in [6.45, 7) is 0. The molecule has 0 saturated carbocycles. The molecule has 1 heterocycles. The van der Waals surface area contributed by atoms with E-state index in [1.54, 1.807) is 30.3 Å². The fourth-order valence-corrected chi connectivity index (χ4v) is 2.67. The quantitative estimate of drug-likeness (QED) is 0.759. The van der Waals surface area contributed by atoms with Gasteiger partial charge in [0.25, 0.3) is 11.8 Å². The van der Waals surface area contributed by atoms with Crippen LogP contribution in [0.5, 0.6) is 0 Å². The maximum absolute atomic E-state index is 12.6. The van der Waals surface area contributed by atoms with Crippen LogP contribution in [0.15, 0.2) is 59.6 Å². The number of rotatable bonds is 2. The SMILES string of the molecule is O=C1C(Cl)=C(c2ccccc2)C(=O)N1c1ccc(C(F)(F)F)cc1. The minimum absolute atomic E-state index is 0.0297. The number of imide groups is 1. The van der Waals surface area contributed by atoms with E-state index >= 15 is 0 Å². The first-order valence-corrected chi connectivity index (χ1v) is 7.20. The summed E-state index contributed by atoms with van der Waals surface area (Å²) in [5, 5.41) is -0.258. The van der Waals surface area contributed by atoms with Gasteiger partial charge in [0.1, 0.15) is 5.03 Å². The van der Waals surface area contributed by atoms with Crippen LogP contribution < -0.4 is 4.90 Å². The average molecular weight is 352 g/mol. The first-order valence-electron chi connectivity index (χ1n) is 6.82. The molecule has 0 radical (unpaired) electrons. The highest BCUT2D eigenvalue weighted by molar-refractivity contribution is 6.60. The lowest BCUT2D eigenvalue weighted by molar-refractivity contribution is -0.137. The summed E-state index contributed by atoms with van der Waals surface area (Å²) >= 11 is 5.99. The second-order valence-corrected chi connectivity index (χ2v) is 5.42. The Hall–Kier alpha value is -2.60. The summed E-state index contributed by atoms with van der Waals surface area (Å²) in [4.78, 5) is 25.6. The van der Waals surface area contributed by atoms with Gasteiger partial charge < -0.3 is 0 Å². The second kappa shape index (κ2) is 5.79. The zero-order valence-corrected chi connectivity index (χ0v) is 12.7. The lowest BCUT2D eigenvalue weighted by Crippen LogP contribution is -2.31. The van der Waals surface area contributed by atoms with Crippen LogP contribution in [-0.2, 0) is 15.8 Å². The number of halogens is 4. The Morgan fingerprint density at radius 2 is 1.42 bits per heavy atom. The number of nitrogens with zero attached hydrogens (tertiary/aromatic N) is 1. The third-order valence-electron chi connectivity index (χ3n) is 3.54. The molecule has 0 spiro atoms. The molecule has 1 aliphatic heterocycles. The summed E-state index contributed by atoms with van der Waals surface area (Å²) in [6, 6.07) is 12.1. The van der Waals surface area contributed by atoms with Crippen molar-refractivity contribution in [3.05, 3.63) is 70.8 Å². The van der Waals surface area contributed by atoms with E-state index in [1.807, 2.05) is 0 Å². The van der Waals surface area contributed by atoms with Crippen molar-refractivity contribution in [2.75, 3.05) is 4.90 Å². The number of amides is 2. The Morgan fingerprint density at radius 3 is 1.96 bits per heavy atom. The predicted octanol–water partition coefficient (Wildman–Crippen LogP) is 4.23. The highest BCUT2D eigenvalue weighted by Gasteiger charge is 2.39. The van der Waals surface area contributed by atoms with Crippen molar-refractivity contribution in [1.82, 2.24) is 0 Å². The molecular weight excluding hydrogens is 343 g/mol. The first kappa shape index (κ1) is 16.3. The van der Waals surface area contributed by atoms with Crippen molar-refractivity contribution in [3.63, 3.8) is 0 Å². The van der Waals surface area contributed by atoms with Crippen LogP contribution in [0.25, 0.3) is 5.57 Å². The third-order valence-corrected chi connectivity index (χ3v) is 3.89. The minimum Gasteiger partial charge on any atom is -0.268 e. The molecule has 0 fully saturated rings. The molecule has 7 heteroatoms. The van der Waals surface area contributed by atoms with Gasteiger partial charge in [-0.15, -0.1) is 0 Å². The Balaban J connectivity index is 1.98. The molecule has 0 bridgehead atoms. The molecule has 3 nitrogen and oxygen atoms in total. The number of hydrogen-bond acceptors (Lipinski definition) is 2. The predicted molar refractivity (Wildman–Crippen MR) is 83.2 cm³/mol. The van der Waals surface area contributed by atoms with E-state index in [1.165, 1.54) is 0 Å². The number of carbonyl (C=O) groups is 2. The van der Waals surface area contributed by atoms with E-state index in [0.717, 1.165) is 29.2 Å². The highest BCUT2D eigenvalue weighted by Crippen LogP contribution is 2.36. The van der Waals surface area contributed by atoms with Crippen LogP contribution in [0.4, 0.5) is 18.9 Å². The molecule has 2 amide bonds. The zero-order chi connectivity index (χ0) is 17.5. The second-order valence-electron chi connectivity index (χ2n) is 5.05. The molecule has 122 valence electrons. The van der Waals surface area contributed by atoms with Crippen molar-refractivity contribution < 1.29 is 22.8 Å². The lowest BCUT2D eigenvalue weighted by atomic mass is 10.1. The van der Waals surface area contributed by atoms with Gasteiger partial charge in [0.2, 0.25) is 0 Å². The normalized spacial score (nSPS) is 15.4. The number of hydrogen-bond donors (Lipinski definition) is 0. The van der Waals surface area contributed by atoms with Gasteiger partial charge in [0.15, 0.2) is 0 Å². The Kier molecular flexibility index (Phi) is 3.93. The molecule has 0 N–H and O–H groups in total. The monoisotopic (exact) mass is 351 g/mol. The van der Waals surface area contributed by atoms with E-state index in [-0.39, 0.29) is 16.3 Å². The van der Waals surface area contributed by atoms with Gasteiger partial charge in [-0.05, 0) is 29.8 Å². The fraction of sp³-hybridized carbons (Fsp3) is 0.0588. The molecule has 24 heavy (non-hydrogen) atoms. The van der Waals surface area contributed by atoms with Gasteiger partial charge >= 0.3 is 6.18 Å². The number of alkyl halides is 3. The van der Waals surface area contributed by atoms with Crippen molar-refractivity contribution in [1.29, 1.82) is 0 Å². The molecule has 1 aliphatic rings. The molecule has 2 aromatic carbocycles. The molecule has 0 aliphatic carbocycles. The maximum Gasteiger partial charge on any atom is 0.416 e. The van der Waals surface area contributed by atoms with Crippen LogP contribution in [0.3, 0.4) is 0 Å². The Labute approximate surface area is 140 Å². The topological polar surface area (TPSA) is 37.4 Å². The van der Waals surface area contributed by atoms with Gasteiger partial charge in [-0.1, -0.05) is 41.9 Å². The van der Waals surface area contributed by atoms with Gasteiger partial charge in [-0.2, -0.15) is 13.2 Å². The Morgan fingerprint density at radius 1 is 0.833 bits per heavy atom. The number of carbonyl (C=O) groups excluding carboxylic acids is 2. The molecule has 0 atom stereocenters. The van der Waals surface area contributed by atoms with Crippen molar-refractivity contribution in [2.45, 2.75) is 6.18 Å². The number of anilines is 1. The van der Waals surface area contributed by atoms with Crippen LogP contribution in [0.1, 0.15) is 11.1 Å². The molecular formula is C17H9ClF3NO2. The van der Waals surface area contributed by atoms with E-state index in [4.69, 9.17) is 11.6 Å². The van der Waals surface area contributed by atoms with Gasteiger partial charge in [-0.3, -0.25) is 9.59 Å². The van der Waals surface area contributed by atoms with Crippen LogP contribution in [0.2, 0.25) is 0 Å². The molecule has 0 saturated heterocycles. The zero-order valence-electron chi connectivity index (χ0n) is 12.0. The summed E-state index contributed by atoms with van der Waals surface area (Å²) < 4.78 is 37.9. The maximum atomic E-state index is 12.6. The van der Waals surface area contributed by atoms with Gasteiger partial charge in [0.05, 0.1) is 16.8 Å². The van der Waals surface area contributed by atoms with E-state index in [9.17, 15) is 22.8 Å². The lowest BCUT2D eigenvalue weighted by Gasteiger charge is -2.16. The van der Waals surface area contributed by atoms with E-state index in [2.05, 4.69) is 0 Å². The van der Waals surface area contributed by atoms with Crippen LogP contribution >= 0.6 is 11.6 Å². The van der Waals surface area contributed by atoms with Gasteiger partial charge in [0, 0.05) is 0 Å². The molecule has 3 rings (SSSR count). The molecule has 0 unspecified atom stereocenters. The highest BCUT2D eigenvalue weighted by atomic mass is 35.5. The van der Waals surface area contributed by atoms with Crippen LogP contribution in [0, 0.1) is 0 Å². The summed E-state index contributed by atoms with van der Waals surface area (Å²) in [5.74, 6) is -1.43. The fourth-order valence-electron chi connectivity index (χ4n) is 2.39. The number of benzene rings is 2. The minimum atomic E-state index is -4.50.